The predicted octanol–water partition coefficient (Wildman–Crippen LogP) is 9.64. The molecule has 3 aromatic rings. The van der Waals surface area contributed by atoms with E-state index in [9.17, 15) is 0 Å². The van der Waals surface area contributed by atoms with Gasteiger partial charge in [-0.15, -0.1) is 0 Å². The van der Waals surface area contributed by atoms with Crippen LogP contribution in [0.5, 0.6) is 0 Å². The van der Waals surface area contributed by atoms with Gasteiger partial charge in [-0.1, -0.05) is 85.4 Å². The van der Waals surface area contributed by atoms with Gasteiger partial charge in [0.05, 0.1) is 6.61 Å². The van der Waals surface area contributed by atoms with E-state index in [1.54, 1.807) is 12.1 Å². The highest BCUT2D eigenvalue weighted by molar-refractivity contribution is 6.74. The molecule has 0 aromatic heterocycles. The van der Waals surface area contributed by atoms with Gasteiger partial charge in [-0.25, -0.2) is 0 Å². The van der Waals surface area contributed by atoms with E-state index in [0.717, 1.165) is 27.5 Å². The van der Waals surface area contributed by atoms with Gasteiger partial charge in [0.15, 0.2) is 8.32 Å². The van der Waals surface area contributed by atoms with Crippen LogP contribution in [0.4, 0.5) is 0 Å². The van der Waals surface area contributed by atoms with Crippen molar-refractivity contribution >= 4 is 65.5 Å². The molecule has 1 nitrogen and oxygen atoms in total. The van der Waals surface area contributed by atoms with Gasteiger partial charge in [-0.3, -0.25) is 0 Å². The standard InChI is InChI=1S/C23H24Cl4OSi/c1-23(2,3)29(4,5)28-13-14-9-10-15-16(24)11-12-19(27)21(15)20(14)22-17(25)7-6-8-18(22)26/h6-12H,13H2,1-5H3. The zero-order valence-corrected chi connectivity index (χ0v) is 21.2. The van der Waals surface area contributed by atoms with Crippen LogP contribution in [0, 0.1) is 0 Å². The molecule has 6 heteroatoms. The highest BCUT2D eigenvalue weighted by Crippen LogP contribution is 2.45. The highest BCUT2D eigenvalue weighted by atomic mass is 35.5. The van der Waals surface area contributed by atoms with Crippen molar-refractivity contribution in [2.45, 2.75) is 45.5 Å². The van der Waals surface area contributed by atoms with Crippen molar-refractivity contribution in [2.75, 3.05) is 0 Å². The Kier molecular flexibility index (Phi) is 6.65. The lowest BCUT2D eigenvalue weighted by atomic mass is 9.93. The van der Waals surface area contributed by atoms with E-state index in [0.29, 0.717) is 26.7 Å². The van der Waals surface area contributed by atoms with Gasteiger partial charge in [-0.2, -0.15) is 0 Å². The fraction of sp³-hybridized carbons (Fsp3) is 0.304. The van der Waals surface area contributed by atoms with Gasteiger partial charge in [-0.05, 0) is 53.5 Å². The molecule has 0 aliphatic heterocycles. The molecule has 0 unspecified atom stereocenters. The van der Waals surface area contributed by atoms with Crippen LogP contribution in [0.2, 0.25) is 38.2 Å². The van der Waals surface area contributed by atoms with E-state index < -0.39 is 8.32 Å². The lowest BCUT2D eigenvalue weighted by Crippen LogP contribution is -2.40. The maximum Gasteiger partial charge on any atom is 0.192 e. The summed E-state index contributed by atoms with van der Waals surface area (Å²) < 4.78 is 6.52. The van der Waals surface area contributed by atoms with Crippen molar-refractivity contribution in [1.29, 1.82) is 0 Å². The van der Waals surface area contributed by atoms with Gasteiger partial charge < -0.3 is 4.43 Å². The Labute approximate surface area is 194 Å². The normalized spacial score (nSPS) is 12.6. The van der Waals surface area contributed by atoms with E-state index in [-0.39, 0.29) is 5.04 Å². The number of benzene rings is 3. The van der Waals surface area contributed by atoms with Gasteiger partial charge in [0.1, 0.15) is 0 Å². The summed E-state index contributed by atoms with van der Waals surface area (Å²) in [6.07, 6.45) is 0. The SMILES string of the molecule is CC(C)(C)[Si](C)(C)OCc1ccc2c(Cl)ccc(Cl)c2c1-c1c(Cl)cccc1Cl. The molecule has 0 spiro atoms. The summed E-state index contributed by atoms with van der Waals surface area (Å²) in [6, 6.07) is 13.1. The molecule has 154 valence electrons. The molecule has 0 radical (unpaired) electrons. The molecule has 0 N–H and O–H groups in total. The number of halogens is 4. The third kappa shape index (κ3) is 4.49. The molecule has 0 amide bonds. The van der Waals surface area contributed by atoms with Crippen LogP contribution in [0.1, 0.15) is 26.3 Å². The minimum Gasteiger partial charge on any atom is -0.413 e. The van der Waals surface area contributed by atoms with Crippen molar-refractivity contribution in [3.8, 4) is 11.1 Å². The summed E-state index contributed by atoms with van der Waals surface area (Å²) >= 11 is 26.3. The molecule has 0 fully saturated rings. The van der Waals surface area contributed by atoms with Crippen LogP contribution in [-0.4, -0.2) is 8.32 Å². The Morgan fingerprint density at radius 3 is 1.93 bits per heavy atom. The topological polar surface area (TPSA) is 9.23 Å². The van der Waals surface area contributed by atoms with Crippen LogP contribution in [0.3, 0.4) is 0 Å². The quantitative estimate of drug-likeness (QED) is 0.334. The zero-order chi connectivity index (χ0) is 21.6. The Morgan fingerprint density at radius 1 is 0.759 bits per heavy atom. The van der Waals surface area contributed by atoms with E-state index in [4.69, 9.17) is 50.8 Å². The molecule has 0 aliphatic rings. The maximum atomic E-state index is 6.65. The first kappa shape index (κ1) is 22.9. The smallest absolute Gasteiger partial charge is 0.192 e. The summed E-state index contributed by atoms with van der Waals surface area (Å²) in [5, 5.41) is 4.17. The minimum atomic E-state index is -1.96. The second-order valence-corrected chi connectivity index (χ2v) is 15.1. The lowest BCUT2D eigenvalue weighted by molar-refractivity contribution is 0.277. The van der Waals surface area contributed by atoms with Crippen molar-refractivity contribution in [3.05, 3.63) is 68.1 Å². The molecule has 3 aromatic carbocycles. The van der Waals surface area contributed by atoms with Crippen LogP contribution < -0.4 is 0 Å². The van der Waals surface area contributed by atoms with Crippen molar-refractivity contribution in [3.63, 3.8) is 0 Å². The number of hydrogen-bond donors (Lipinski definition) is 0. The van der Waals surface area contributed by atoms with E-state index >= 15 is 0 Å². The Hall–Kier alpha value is -0.743. The van der Waals surface area contributed by atoms with Crippen molar-refractivity contribution < 1.29 is 4.43 Å². The average molecular weight is 486 g/mol. The molecule has 3 rings (SSSR count). The average Bonchev–Trinajstić information content (AvgIpc) is 2.62. The second-order valence-electron chi connectivity index (χ2n) is 8.70. The Bertz CT molecular complexity index is 1050. The van der Waals surface area contributed by atoms with Crippen LogP contribution in [0.15, 0.2) is 42.5 Å². The summed E-state index contributed by atoms with van der Waals surface area (Å²) in [7, 11) is -1.96. The summed E-state index contributed by atoms with van der Waals surface area (Å²) in [6.45, 7) is 11.6. The van der Waals surface area contributed by atoms with Crippen LogP contribution in [0.25, 0.3) is 21.9 Å². The Balaban J connectivity index is 2.28. The first-order chi connectivity index (χ1) is 13.4. The fourth-order valence-electron chi connectivity index (χ4n) is 3.03. The first-order valence-electron chi connectivity index (χ1n) is 9.42. The number of fused-ring (bicyclic) bond motifs is 1. The zero-order valence-electron chi connectivity index (χ0n) is 17.2. The fourth-order valence-corrected chi connectivity index (χ4v) is 5.05. The molecular formula is C23H24Cl4OSi. The molecule has 0 saturated carbocycles. The highest BCUT2D eigenvalue weighted by Gasteiger charge is 2.37. The predicted molar refractivity (Wildman–Crippen MR) is 131 cm³/mol. The van der Waals surface area contributed by atoms with Gasteiger partial charge in [0, 0.05) is 36.4 Å². The monoisotopic (exact) mass is 484 g/mol. The van der Waals surface area contributed by atoms with Crippen LogP contribution in [-0.2, 0) is 11.0 Å². The third-order valence-corrected chi connectivity index (χ3v) is 11.5. The van der Waals surface area contributed by atoms with Crippen molar-refractivity contribution in [1.82, 2.24) is 0 Å². The van der Waals surface area contributed by atoms with E-state index in [1.165, 1.54) is 0 Å². The summed E-state index contributed by atoms with van der Waals surface area (Å²) in [5.41, 5.74) is 2.62. The number of hydrogen-bond acceptors (Lipinski definition) is 1. The molecule has 0 heterocycles. The molecule has 0 aliphatic carbocycles. The molecule has 29 heavy (non-hydrogen) atoms. The lowest BCUT2D eigenvalue weighted by Gasteiger charge is -2.36. The Morgan fingerprint density at radius 2 is 1.34 bits per heavy atom. The number of rotatable bonds is 4. The molecule has 0 atom stereocenters. The van der Waals surface area contributed by atoms with Crippen LogP contribution >= 0.6 is 46.4 Å². The second kappa shape index (κ2) is 8.41. The van der Waals surface area contributed by atoms with Gasteiger partial charge >= 0.3 is 0 Å². The maximum absolute atomic E-state index is 6.65. The molecule has 0 bridgehead atoms. The van der Waals surface area contributed by atoms with Gasteiger partial charge in [0.25, 0.3) is 0 Å². The summed E-state index contributed by atoms with van der Waals surface area (Å²) in [4.78, 5) is 0. The molecule has 0 saturated heterocycles. The third-order valence-electron chi connectivity index (χ3n) is 5.77. The van der Waals surface area contributed by atoms with E-state index in [1.807, 2.05) is 30.3 Å². The van der Waals surface area contributed by atoms with Gasteiger partial charge in [0.2, 0.25) is 0 Å². The molecular weight excluding hydrogens is 462 g/mol. The largest absolute Gasteiger partial charge is 0.413 e. The van der Waals surface area contributed by atoms with Crippen molar-refractivity contribution in [2.24, 2.45) is 0 Å². The van der Waals surface area contributed by atoms with E-state index in [2.05, 4.69) is 33.9 Å². The first-order valence-corrected chi connectivity index (χ1v) is 13.8. The minimum absolute atomic E-state index is 0.104. The summed E-state index contributed by atoms with van der Waals surface area (Å²) in [5.74, 6) is 0.